The van der Waals surface area contributed by atoms with Crippen molar-refractivity contribution in [1.29, 1.82) is 0 Å². The van der Waals surface area contributed by atoms with Crippen molar-refractivity contribution in [2.75, 3.05) is 13.2 Å². The fourth-order valence-electron chi connectivity index (χ4n) is 1.84. The molecule has 0 bridgehead atoms. The first-order chi connectivity index (χ1) is 7.29. The molecule has 1 aromatic carbocycles. The molecule has 1 saturated heterocycles. The molecule has 0 aromatic heterocycles. The number of hydrogen-bond donors (Lipinski definition) is 0. The highest BCUT2D eigenvalue weighted by Crippen LogP contribution is 2.21. The third kappa shape index (κ3) is 2.23. The first-order valence-electron chi connectivity index (χ1n) is 5.15. The van der Waals surface area contributed by atoms with Crippen LogP contribution in [0.15, 0.2) is 24.3 Å². The minimum Gasteiger partial charge on any atom is -0.381 e. The van der Waals surface area contributed by atoms with E-state index in [1.165, 1.54) is 6.07 Å². The van der Waals surface area contributed by atoms with Crippen LogP contribution >= 0.6 is 0 Å². The van der Waals surface area contributed by atoms with Gasteiger partial charge in [0.25, 0.3) is 0 Å². The predicted molar refractivity (Wildman–Crippen MR) is 54.3 cm³/mol. The number of benzene rings is 1. The van der Waals surface area contributed by atoms with Gasteiger partial charge in [0, 0.05) is 19.1 Å². The zero-order valence-corrected chi connectivity index (χ0v) is 8.41. The second kappa shape index (κ2) is 4.53. The number of hydrogen-bond acceptors (Lipinski definition) is 2. The fraction of sp³-hybridized carbons (Fsp3) is 0.417. The second-order valence-electron chi connectivity index (χ2n) is 3.73. The van der Waals surface area contributed by atoms with E-state index in [9.17, 15) is 9.18 Å². The molecule has 3 heteroatoms. The van der Waals surface area contributed by atoms with Crippen LogP contribution in [0.2, 0.25) is 0 Å². The quantitative estimate of drug-likeness (QED) is 0.698. The lowest BCUT2D eigenvalue weighted by Crippen LogP contribution is -2.24. The van der Waals surface area contributed by atoms with Gasteiger partial charge in [-0.1, -0.05) is 12.1 Å². The van der Waals surface area contributed by atoms with Crippen molar-refractivity contribution >= 4 is 5.78 Å². The molecule has 1 aliphatic heterocycles. The summed E-state index contributed by atoms with van der Waals surface area (Å²) >= 11 is 0. The maximum absolute atomic E-state index is 13.3. The zero-order chi connectivity index (χ0) is 10.7. The van der Waals surface area contributed by atoms with Crippen LogP contribution in [0, 0.1) is 11.7 Å². The van der Waals surface area contributed by atoms with Gasteiger partial charge in [-0.2, -0.15) is 0 Å². The Morgan fingerprint density at radius 3 is 2.60 bits per heavy atom. The van der Waals surface area contributed by atoms with Crippen LogP contribution in [0.4, 0.5) is 4.39 Å². The molecule has 0 unspecified atom stereocenters. The average molecular weight is 208 g/mol. The molecule has 0 aliphatic carbocycles. The van der Waals surface area contributed by atoms with Crippen molar-refractivity contribution in [2.45, 2.75) is 12.8 Å². The molecule has 1 heterocycles. The van der Waals surface area contributed by atoms with E-state index in [0.29, 0.717) is 26.1 Å². The minimum atomic E-state index is -0.422. The van der Waals surface area contributed by atoms with Crippen LogP contribution in [-0.4, -0.2) is 19.0 Å². The van der Waals surface area contributed by atoms with E-state index in [0.717, 1.165) is 0 Å². The summed E-state index contributed by atoms with van der Waals surface area (Å²) in [4.78, 5) is 11.9. The van der Waals surface area contributed by atoms with Gasteiger partial charge < -0.3 is 4.74 Å². The molecular formula is C12H13FO2. The summed E-state index contributed by atoms with van der Waals surface area (Å²) < 4.78 is 18.5. The van der Waals surface area contributed by atoms with Gasteiger partial charge >= 0.3 is 0 Å². The molecule has 0 spiro atoms. The number of rotatable bonds is 2. The lowest BCUT2D eigenvalue weighted by Gasteiger charge is -2.20. The Bertz CT molecular complexity index is 356. The maximum Gasteiger partial charge on any atom is 0.169 e. The first kappa shape index (κ1) is 10.3. The highest BCUT2D eigenvalue weighted by molar-refractivity contribution is 5.98. The molecule has 80 valence electrons. The highest BCUT2D eigenvalue weighted by Gasteiger charge is 2.24. The molecule has 1 aliphatic rings. The lowest BCUT2D eigenvalue weighted by atomic mass is 9.91. The number of halogens is 1. The summed E-state index contributed by atoms with van der Waals surface area (Å²) in [7, 11) is 0. The van der Waals surface area contributed by atoms with Crippen molar-refractivity contribution in [2.24, 2.45) is 5.92 Å². The van der Waals surface area contributed by atoms with Gasteiger partial charge in [0.2, 0.25) is 0 Å². The van der Waals surface area contributed by atoms with Crippen molar-refractivity contribution < 1.29 is 13.9 Å². The van der Waals surface area contributed by atoms with Crippen molar-refractivity contribution in [3.05, 3.63) is 35.6 Å². The van der Waals surface area contributed by atoms with E-state index in [4.69, 9.17) is 4.74 Å². The number of carbonyl (C=O) groups excluding carboxylic acids is 1. The van der Waals surface area contributed by atoms with Crippen LogP contribution in [0.5, 0.6) is 0 Å². The molecule has 0 radical (unpaired) electrons. The van der Waals surface area contributed by atoms with Crippen LogP contribution < -0.4 is 0 Å². The van der Waals surface area contributed by atoms with E-state index in [1.54, 1.807) is 18.2 Å². The van der Waals surface area contributed by atoms with Gasteiger partial charge in [0.05, 0.1) is 5.56 Å². The summed E-state index contributed by atoms with van der Waals surface area (Å²) in [6.45, 7) is 1.20. The summed E-state index contributed by atoms with van der Waals surface area (Å²) in [5, 5.41) is 0. The van der Waals surface area contributed by atoms with Crippen molar-refractivity contribution in [3.63, 3.8) is 0 Å². The Morgan fingerprint density at radius 2 is 1.93 bits per heavy atom. The summed E-state index contributed by atoms with van der Waals surface area (Å²) in [5.41, 5.74) is 0.212. The third-order valence-electron chi connectivity index (χ3n) is 2.73. The molecule has 0 atom stereocenters. The smallest absolute Gasteiger partial charge is 0.169 e. The van der Waals surface area contributed by atoms with Gasteiger partial charge in [-0.25, -0.2) is 4.39 Å². The Kier molecular flexibility index (Phi) is 3.11. The summed E-state index contributed by atoms with van der Waals surface area (Å²) in [6, 6.07) is 6.16. The molecule has 0 amide bonds. The van der Waals surface area contributed by atoms with Crippen molar-refractivity contribution in [1.82, 2.24) is 0 Å². The predicted octanol–water partition coefficient (Wildman–Crippen LogP) is 2.44. The van der Waals surface area contributed by atoms with E-state index in [2.05, 4.69) is 0 Å². The van der Waals surface area contributed by atoms with Crippen molar-refractivity contribution in [3.8, 4) is 0 Å². The molecule has 1 aromatic rings. The third-order valence-corrected chi connectivity index (χ3v) is 2.73. The van der Waals surface area contributed by atoms with E-state index in [-0.39, 0.29) is 17.3 Å². The largest absolute Gasteiger partial charge is 0.381 e. The summed E-state index contributed by atoms with van der Waals surface area (Å²) in [5.74, 6) is -0.582. The second-order valence-corrected chi connectivity index (χ2v) is 3.73. The Hall–Kier alpha value is -1.22. The minimum absolute atomic E-state index is 0.0735. The molecule has 15 heavy (non-hydrogen) atoms. The highest BCUT2D eigenvalue weighted by atomic mass is 19.1. The van der Waals surface area contributed by atoms with Gasteiger partial charge in [-0.15, -0.1) is 0 Å². The topological polar surface area (TPSA) is 26.3 Å². The van der Waals surface area contributed by atoms with Gasteiger partial charge in [0.15, 0.2) is 5.78 Å². The zero-order valence-electron chi connectivity index (χ0n) is 8.41. The number of carbonyl (C=O) groups is 1. The summed E-state index contributed by atoms with van der Waals surface area (Å²) in [6.07, 6.45) is 1.40. The van der Waals surface area contributed by atoms with Gasteiger partial charge in [-0.3, -0.25) is 4.79 Å². The average Bonchev–Trinajstić information content (AvgIpc) is 2.30. The van der Waals surface area contributed by atoms with Crippen LogP contribution in [0.3, 0.4) is 0 Å². The van der Waals surface area contributed by atoms with E-state index in [1.807, 2.05) is 0 Å². The fourth-order valence-corrected chi connectivity index (χ4v) is 1.84. The Morgan fingerprint density at radius 1 is 1.27 bits per heavy atom. The first-order valence-corrected chi connectivity index (χ1v) is 5.15. The van der Waals surface area contributed by atoms with E-state index < -0.39 is 5.82 Å². The van der Waals surface area contributed by atoms with Crippen LogP contribution in [0.1, 0.15) is 23.2 Å². The molecule has 1 fully saturated rings. The van der Waals surface area contributed by atoms with Gasteiger partial charge in [-0.05, 0) is 25.0 Å². The SMILES string of the molecule is O=C(c1ccccc1F)C1CCOCC1. The standard InChI is InChI=1S/C12H13FO2/c13-11-4-2-1-3-10(11)12(14)9-5-7-15-8-6-9/h1-4,9H,5-8H2. The van der Waals surface area contributed by atoms with Gasteiger partial charge in [0.1, 0.15) is 5.82 Å². The monoisotopic (exact) mass is 208 g/mol. The molecule has 2 nitrogen and oxygen atoms in total. The maximum atomic E-state index is 13.3. The molecular weight excluding hydrogens is 195 g/mol. The van der Waals surface area contributed by atoms with Crippen LogP contribution in [-0.2, 0) is 4.74 Å². The Labute approximate surface area is 88.1 Å². The molecule has 0 saturated carbocycles. The number of Topliss-reactive ketones (excluding diaryl/α,β-unsaturated/α-hetero) is 1. The number of ether oxygens (including phenoxy) is 1. The Balaban J connectivity index is 2.16. The van der Waals surface area contributed by atoms with Crippen LogP contribution in [0.25, 0.3) is 0 Å². The molecule has 2 rings (SSSR count). The van der Waals surface area contributed by atoms with E-state index >= 15 is 0 Å². The lowest BCUT2D eigenvalue weighted by molar-refractivity contribution is 0.0542. The molecule has 0 N–H and O–H groups in total. The number of ketones is 1. The normalized spacial score (nSPS) is 17.7.